The van der Waals surface area contributed by atoms with Crippen LogP contribution in [-0.4, -0.2) is 36.1 Å². The summed E-state index contributed by atoms with van der Waals surface area (Å²) in [6.45, 7) is 6.64. The molecule has 0 atom stereocenters. The largest absolute Gasteiger partial charge is 0.459 e. The van der Waals surface area contributed by atoms with Crippen LogP contribution in [0.4, 0.5) is 10.1 Å². The first-order valence-corrected chi connectivity index (χ1v) is 9.29. The quantitative estimate of drug-likeness (QED) is 0.701. The highest BCUT2D eigenvalue weighted by molar-refractivity contribution is 7.13. The van der Waals surface area contributed by atoms with Gasteiger partial charge in [-0.15, -0.1) is 11.3 Å². The third-order valence-electron chi connectivity index (χ3n) is 4.45. The van der Waals surface area contributed by atoms with Gasteiger partial charge in [-0.05, 0) is 43.3 Å². The summed E-state index contributed by atoms with van der Waals surface area (Å²) in [5.41, 5.74) is 2.18. The molecular weight excluding hydrogens is 337 g/mol. The second-order valence-corrected chi connectivity index (χ2v) is 7.15. The SMILES string of the molecule is Cc1ccc(-c2nc(CN3CCN(c4ccc(F)cc4)CC3)cs2)o1. The van der Waals surface area contributed by atoms with E-state index in [1.54, 1.807) is 11.3 Å². The lowest BCUT2D eigenvalue weighted by Crippen LogP contribution is -2.46. The average molecular weight is 357 g/mol. The Hall–Kier alpha value is -2.18. The highest BCUT2D eigenvalue weighted by atomic mass is 32.1. The summed E-state index contributed by atoms with van der Waals surface area (Å²) in [6.07, 6.45) is 0. The van der Waals surface area contributed by atoms with E-state index in [2.05, 4.69) is 15.2 Å². The third kappa shape index (κ3) is 3.75. The predicted octanol–water partition coefficient (Wildman–Crippen LogP) is 4.17. The van der Waals surface area contributed by atoms with Gasteiger partial charge in [0.2, 0.25) is 0 Å². The molecule has 4 nitrogen and oxygen atoms in total. The van der Waals surface area contributed by atoms with Crippen LogP contribution in [0.25, 0.3) is 10.8 Å². The van der Waals surface area contributed by atoms with Crippen molar-refractivity contribution < 1.29 is 8.81 Å². The Balaban J connectivity index is 1.34. The van der Waals surface area contributed by atoms with Gasteiger partial charge in [0.1, 0.15) is 11.6 Å². The first-order valence-electron chi connectivity index (χ1n) is 8.41. The Morgan fingerprint density at radius 2 is 1.84 bits per heavy atom. The first-order chi connectivity index (χ1) is 12.2. The summed E-state index contributed by atoms with van der Waals surface area (Å²) in [5, 5.41) is 3.05. The van der Waals surface area contributed by atoms with Crippen molar-refractivity contribution >= 4 is 17.0 Å². The first kappa shape index (κ1) is 16.3. The number of thiazole rings is 1. The molecule has 2 aromatic heterocycles. The van der Waals surface area contributed by atoms with E-state index >= 15 is 0 Å². The molecule has 3 heterocycles. The van der Waals surface area contributed by atoms with Gasteiger partial charge >= 0.3 is 0 Å². The summed E-state index contributed by atoms with van der Waals surface area (Å²) >= 11 is 1.63. The van der Waals surface area contributed by atoms with Gasteiger partial charge in [-0.3, -0.25) is 4.90 Å². The Kier molecular flexibility index (Phi) is 4.55. The lowest BCUT2D eigenvalue weighted by Gasteiger charge is -2.35. The number of rotatable bonds is 4. The van der Waals surface area contributed by atoms with Gasteiger partial charge in [0.05, 0.1) is 5.69 Å². The molecule has 1 aromatic carbocycles. The third-order valence-corrected chi connectivity index (χ3v) is 5.36. The minimum absolute atomic E-state index is 0.187. The molecule has 0 amide bonds. The summed E-state index contributed by atoms with van der Waals surface area (Å²) in [6, 6.07) is 10.7. The van der Waals surface area contributed by atoms with Crippen LogP contribution >= 0.6 is 11.3 Å². The van der Waals surface area contributed by atoms with Crippen LogP contribution in [0.1, 0.15) is 11.5 Å². The monoisotopic (exact) mass is 357 g/mol. The highest BCUT2D eigenvalue weighted by Gasteiger charge is 2.18. The molecule has 0 spiro atoms. The van der Waals surface area contributed by atoms with E-state index in [9.17, 15) is 4.39 Å². The lowest BCUT2D eigenvalue weighted by atomic mass is 10.2. The van der Waals surface area contributed by atoms with Crippen LogP contribution in [-0.2, 0) is 6.54 Å². The van der Waals surface area contributed by atoms with E-state index in [0.29, 0.717) is 0 Å². The van der Waals surface area contributed by atoms with Gasteiger partial charge in [0, 0.05) is 43.8 Å². The fraction of sp³-hybridized carbons (Fsp3) is 0.316. The van der Waals surface area contributed by atoms with Crippen molar-refractivity contribution in [2.24, 2.45) is 0 Å². The van der Waals surface area contributed by atoms with E-state index in [4.69, 9.17) is 9.40 Å². The Morgan fingerprint density at radius 3 is 2.52 bits per heavy atom. The zero-order chi connectivity index (χ0) is 17.2. The van der Waals surface area contributed by atoms with E-state index in [1.165, 1.54) is 12.1 Å². The maximum Gasteiger partial charge on any atom is 0.162 e. The van der Waals surface area contributed by atoms with Crippen LogP contribution in [0.2, 0.25) is 0 Å². The topological polar surface area (TPSA) is 32.5 Å². The number of aromatic nitrogens is 1. The summed E-state index contributed by atoms with van der Waals surface area (Å²) in [4.78, 5) is 9.41. The molecule has 0 N–H and O–H groups in total. The van der Waals surface area contributed by atoms with Crippen LogP contribution in [0.15, 0.2) is 46.2 Å². The van der Waals surface area contributed by atoms with Crippen molar-refractivity contribution in [2.45, 2.75) is 13.5 Å². The molecule has 4 rings (SSSR count). The predicted molar refractivity (Wildman–Crippen MR) is 98.4 cm³/mol. The van der Waals surface area contributed by atoms with Gasteiger partial charge in [0.15, 0.2) is 10.8 Å². The Morgan fingerprint density at radius 1 is 1.08 bits per heavy atom. The van der Waals surface area contributed by atoms with E-state index in [1.807, 2.05) is 31.2 Å². The average Bonchev–Trinajstić information content (AvgIpc) is 3.25. The molecule has 0 unspecified atom stereocenters. The summed E-state index contributed by atoms with van der Waals surface area (Å²) in [5.74, 6) is 1.56. The van der Waals surface area contributed by atoms with E-state index in [0.717, 1.165) is 60.6 Å². The number of halogens is 1. The van der Waals surface area contributed by atoms with Crippen LogP contribution < -0.4 is 4.90 Å². The smallest absolute Gasteiger partial charge is 0.162 e. The molecule has 130 valence electrons. The zero-order valence-corrected chi connectivity index (χ0v) is 14.9. The van der Waals surface area contributed by atoms with Crippen molar-refractivity contribution in [1.29, 1.82) is 0 Å². The maximum atomic E-state index is 13.0. The van der Waals surface area contributed by atoms with Crippen molar-refractivity contribution in [1.82, 2.24) is 9.88 Å². The summed E-state index contributed by atoms with van der Waals surface area (Å²) in [7, 11) is 0. The van der Waals surface area contributed by atoms with Gasteiger partial charge in [-0.1, -0.05) is 0 Å². The molecule has 0 radical (unpaired) electrons. The lowest BCUT2D eigenvalue weighted by molar-refractivity contribution is 0.247. The second kappa shape index (κ2) is 6.98. The number of hydrogen-bond donors (Lipinski definition) is 0. The highest BCUT2D eigenvalue weighted by Crippen LogP contribution is 2.26. The van der Waals surface area contributed by atoms with Gasteiger partial charge in [-0.25, -0.2) is 9.37 Å². The second-order valence-electron chi connectivity index (χ2n) is 6.29. The number of hydrogen-bond acceptors (Lipinski definition) is 5. The van der Waals surface area contributed by atoms with Crippen molar-refractivity contribution in [3.63, 3.8) is 0 Å². The number of benzene rings is 1. The van der Waals surface area contributed by atoms with E-state index in [-0.39, 0.29) is 5.82 Å². The Labute approximate surface area is 150 Å². The minimum atomic E-state index is -0.187. The molecule has 1 fully saturated rings. The molecule has 0 aliphatic carbocycles. The minimum Gasteiger partial charge on any atom is -0.459 e. The van der Waals surface area contributed by atoms with Crippen LogP contribution in [0.3, 0.4) is 0 Å². The van der Waals surface area contributed by atoms with Crippen molar-refractivity contribution in [3.8, 4) is 10.8 Å². The van der Waals surface area contributed by atoms with Crippen molar-refractivity contribution in [2.75, 3.05) is 31.1 Å². The molecule has 1 saturated heterocycles. The zero-order valence-electron chi connectivity index (χ0n) is 14.1. The number of nitrogens with zero attached hydrogens (tertiary/aromatic N) is 3. The molecule has 1 aliphatic rings. The van der Waals surface area contributed by atoms with E-state index < -0.39 is 0 Å². The summed E-state index contributed by atoms with van der Waals surface area (Å²) < 4.78 is 18.7. The molecule has 0 saturated carbocycles. The van der Waals surface area contributed by atoms with Crippen LogP contribution in [0.5, 0.6) is 0 Å². The van der Waals surface area contributed by atoms with Gasteiger partial charge < -0.3 is 9.32 Å². The molecule has 1 aliphatic heterocycles. The maximum absolute atomic E-state index is 13.0. The van der Waals surface area contributed by atoms with Gasteiger partial charge in [-0.2, -0.15) is 0 Å². The number of anilines is 1. The number of piperazine rings is 1. The molecule has 25 heavy (non-hydrogen) atoms. The number of aryl methyl sites for hydroxylation is 1. The van der Waals surface area contributed by atoms with Crippen molar-refractivity contribution in [3.05, 3.63) is 59.0 Å². The Bertz CT molecular complexity index is 834. The van der Waals surface area contributed by atoms with Gasteiger partial charge in [0.25, 0.3) is 0 Å². The molecule has 6 heteroatoms. The molecule has 3 aromatic rings. The fourth-order valence-corrected chi connectivity index (χ4v) is 3.86. The number of furan rings is 1. The molecule has 0 bridgehead atoms. The standard InChI is InChI=1S/C19H20FN3OS/c1-14-2-7-18(24-14)19-21-16(13-25-19)12-22-8-10-23(11-9-22)17-5-3-15(20)4-6-17/h2-7,13H,8-12H2,1H3. The normalized spacial score (nSPS) is 15.7. The van der Waals surface area contributed by atoms with Crippen LogP contribution in [0, 0.1) is 12.7 Å². The fourth-order valence-electron chi connectivity index (χ4n) is 3.09. The molecular formula is C19H20FN3OS.